The second-order valence-electron chi connectivity index (χ2n) is 9.13. The van der Waals surface area contributed by atoms with Crippen molar-refractivity contribution in [2.75, 3.05) is 5.32 Å². The molecule has 0 radical (unpaired) electrons. The van der Waals surface area contributed by atoms with Gasteiger partial charge in [-0.3, -0.25) is 0 Å². The molecule has 4 aromatic rings. The van der Waals surface area contributed by atoms with Gasteiger partial charge >= 0.3 is 6.03 Å². The number of thiophene rings is 1. The number of fused-ring (bicyclic) bond motifs is 5. The van der Waals surface area contributed by atoms with Crippen molar-refractivity contribution in [1.82, 2.24) is 9.47 Å². The summed E-state index contributed by atoms with van der Waals surface area (Å²) in [5.74, 6) is 0. The minimum atomic E-state index is -0.198. The van der Waals surface area contributed by atoms with Gasteiger partial charge in [0.25, 0.3) is 0 Å². The lowest BCUT2D eigenvalue weighted by Crippen LogP contribution is -2.38. The van der Waals surface area contributed by atoms with Crippen molar-refractivity contribution in [2.24, 2.45) is 0 Å². The number of hydrogen-bond donors (Lipinski definition) is 1. The zero-order chi connectivity index (χ0) is 23.2. The Morgan fingerprint density at radius 2 is 1.85 bits per heavy atom. The molecule has 34 heavy (non-hydrogen) atoms. The average Bonchev–Trinajstić information content (AvgIpc) is 3.44. The number of hydrogen-bond acceptors (Lipinski definition) is 2. The standard InChI is InChI=1S/C28H26ClN3OS/c1-18-13-14-20(16-23(18)29)30-28(33)32-17-22-21-10-5-6-12-25(21)34-27(22)31-15-7-11-24(31)26(32)19-8-3-2-4-9-19/h2-4,7-9,11,13-16,26H,5-6,10,12,17H2,1H3,(H,30,33)/t26-/m0/s1. The first-order chi connectivity index (χ1) is 16.6. The van der Waals surface area contributed by atoms with E-state index in [1.807, 2.05) is 59.6 Å². The maximum absolute atomic E-state index is 13.9. The number of anilines is 1. The molecule has 0 spiro atoms. The van der Waals surface area contributed by atoms with Crippen LogP contribution in [0.25, 0.3) is 5.00 Å². The first kappa shape index (κ1) is 21.5. The van der Waals surface area contributed by atoms with Crippen LogP contribution in [-0.4, -0.2) is 15.5 Å². The van der Waals surface area contributed by atoms with Crippen LogP contribution in [0, 0.1) is 6.92 Å². The Hall–Kier alpha value is -3.02. The lowest BCUT2D eigenvalue weighted by atomic mass is 9.95. The zero-order valence-electron chi connectivity index (χ0n) is 19.1. The van der Waals surface area contributed by atoms with Crippen LogP contribution < -0.4 is 5.32 Å². The van der Waals surface area contributed by atoms with Gasteiger partial charge in [0.2, 0.25) is 0 Å². The minimum Gasteiger partial charge on any atom is -0.310 e. The highest BCUT2D eigenvalue weighted by Crippen LogP contribution is 2.44. The molecule has 6 rings (SSSR count). The van der Waals surface area contributed by atoms with Gasteiger partial charge < -0.3 is 14.8 Å². The fourth-order valence-corrected chi connectivity index (χ4v) is 6.82. The number of aryl methyl sites for hydroxylation is 2. The minimum absolute atomic E-state index is 0.120. The van der Waals surface area contributed by atoms with E-state index in [-0.39, 0.29) is 12.1 Å². The summed E-state index contributed by atoms with van der Waals surface area (Å²) < 4.78 is 2.31. The van der Waals surface area contributed by atoms with Crippen LogP contribution in [0.1, 0.15) is 51.7 Å². The van der Waals surface area contributed by atoms with Gasteiger partial charge in [0.05, 0.1) is 18.3 Å². The average molecular weight is 488 g/mol. The molecule has 0 saturated heterocycles. The number of carbonyl (C=O) groups excluding carboxylic acids is 1. The molecule has 1 aliphatic heterocycles. The van der Waals surface area contributed by atoms with Gasteiger partial charge in [-0.15, -0.1) is 11.3 Å². The van der Waals surface area contributed by atoms with E-state index in [1.54, 1.807) is 0 Å². The number of nitrogens with zero attached hydrogens (tertiary/aromatic N) is 2. The Kier molecular flexibility index (Phi) is 5.47. The predicted molar refractivity (Wildman–Crippen MR) is 139 cm³/mol. The Bertz CT molecular complexity index is 1370. The number of nitrogens with one attached hydrogen (secondary N) is 1. The van der Waals surface area contributed by atoms with Crippen molar-refractivity contribution < 1.29 is 4.79 Å². The van der Waals surface area contributed by atoms with Crippen molar-refractivity contribution in [3.05, 3.63) is 105 Å². The Morgan fingerprint density at radius 1 is 1.03 bits per heavy atom. The fraction of sp³-hybridized carbons (Fsp3) is 0.250. The van der Waals surface area contributed by atoms with Gasteiger partial charge in [0, 0.05) is 27.3 Å². The number of rotatable bonds is 2. The van der Waals surface area contributed by atoms with Crippen LogP contribution in [0.4, 0.5) is 10.5 Å². The van der Waals surface area contributed by atoms with E-state index in [0.717, 1.165) is 29.7 Å². The maximum Gasteiger partial charge on any atom is 0.322 e. The molecule has 4 nitrogen and oxygen atoms in total. The molecule has 0 saturated carbocycles. The maximum atomic E-state index is 13.9. The highest BCUT2D eigenvalue weighted by molar-refractivity contribution is 7.15. The number of halogens is 1. The Labute approximate surface area is 208 Å². The van der Waals surface area contributed by atoms with Crippen LogP contribution in [0.3, 0.4) is 0 Å². The lowest BCUT2D eigenvalue weighted by Gasteiger charge is -2.31. The van der Waals surface area contributed by atoms with E-state index in [2.05, 4.69) is 40.3 Å². The van der Waals surface area contributed by atoms with E-state index in [9.17, 15) is 4.79 Å². The number of aromatic nitrogens is 1. The van der Waals surface area contributed by atoms with Crippen molar-refractivity contribution in [3.63, 3.8) is 0 Å². The number of amides is 2. The SMILES string of the molecule is Cc1ccc(NC(=O)N2Cc3c(sc4c3CCCC4)-n3cccc3[C@@H]2c2ccccc2)cc1Cl. The topological polar surface area (TPSA) is 37.3 Å². The quantitative estimate of drug-likeness (QED) is 0.312. The molecule has 1 atom stereocenters. The first-order valence-electron chi connectivity index (χ1n) is 11.8. The molecule has 6 heteroatoms. The molecule has 2 aromatic carbocycles. The van der Waals surface area contributed by atoms with E-state index < -0.39 is 0 Å². The van der Waals surface area contributed by atoms with E-state index in [1.165, 1.54) is 33.8 Å². The molecule has 172 valence electrons. The third-order valence-electron chi connectivity index (χ3n) is 6.98. The number of benzene rings is 2. The Balaban J connectivity index is 1.48. The number of urea groups is 1. The molecular weight excluding hydrogens is 462 g/mol. The molecule has 2 aliphatic rings. The molecule has 0 unspecified atom stereocenters. The summed E-state index contributed by atoms with van der Waals surface area (Å²) >= 11 is 8.25. The van der Waals surface area contributed by atoms with Crippen LogP contribution in [0.15, 0.2) is 66.9 Å². The highest BCUT2D eigenvalue weighted by atomic mass is 35.5. The van der Waals surface area contributed by atoms with Crippen molar-refractivity contribution in [1.29, 1.82) is 0 Å². The van der Waals surface area contributed by atoms with E-state index in [4.69, 9.17) is 11.6 Å². The zero-order valence-corrected chi connectivity index (χ0v) is 20.6. The molecule has 0 fully saturated rings. The summed E-state index contributed by atoms with van der Waals surface area (Å²) in [4.78, 5) is 17.4. The Morgan fingerprint density at radius 3 is 2.68 bits per heavy atom. The van der Waals surface area contributed by atoms with Gasteiger partial charge in [-0.1, -0.05) is 48.0 Å². The van der Waals surface area contributed by atoms with E-state index >= 15 is 0 Å². The normalized spacial score (nSPS) is 16.9. The van der Waals surface area contributed by atoms with Crippen LogP contribution in [0.5, 0.6) is 0 Å². The molecule has 2 aromatic heterocycles. The smallest absolute Gasteiger partial charge is 0.310 e. The first-order valence-corrected chi connectivity index (χ1v) is 13.0. The summed E-state index contributed by atoms with van der Waals surface area (Å²) in [6.45, 7) is 2.54. The van der Waals surface area contributed by atoms with Crippen molar-refractivity contribution in [2.45, 2.75) is 45.2 Å². The van der Waals surface area contributed by atoms with Gasteiger partial charge in [-0.05, 0) is 73.6 Å². The number of carbonyl (C=O) groups is 1. The lowest BCUT2D eigenvalue weighted by molar-refractivity contribution is 0.194. The van der Waals surface area contributed by atoms with Crippen molar-refractivity contribution in [3.8, 4) is 5.00 Å². The summed E-state index contributed by atoms with van der Waals surface area (Å²) in [5, 5.41) is 5.04. The fourth-order valence-electron chi connectivity index (χ4n) is 5.24. The highest BCUT2D eigenvalue weighted by Gasteiger charge is 2.36. The molecule has 1 N–H and O–H groups in total. The summed E-state index contributed by atoms with van der Waals surface area (Å²) in [6.07, 6.45) is 6.84. The monoisotopic (exact) mass is 487 g/mol. The second-order valence-corrected chi connectivity index (χ2v) is 10.6. The van der Waals surface area contributed by atoms with E-state index in [0.29, 0.717) is 17.3 Å². The van der Waals surface area contributed by atoms with Crippen LogP contribution in [-0.2, 0) is 19.4 Å². The second kappa shape index (κ2) is 8.64. The van der Waals surface area contributed by atoms with Crippen molar-refractivity contribution >= 4 is 34.7 Å². The molecule has 1 aliphatic carbocycles. The van der Waals surface area contributed by atoms with Crippen LogP contribution in [0.2, 0.25) is 5.02 Å². The van der Waals surface area contributed by atoms with Gasteiger partial charge in [0.15, 0.2) is 0 Å². The third-order valence-corrected chi connectivity index (χ3v) is 8.72. The van der Waals surface area contributed by atoms with Gasteiger partial charge in [-0.2, -0.15) is 0 Å². The van der Waals surface area contributed by atoms with Gasteiger partial charge in [0.1, 0.15) is 5.00 Å². The molecular formula is C28H26ClN3OS. The largest absolute Gasteiger partial charge is 0.322 e. The predicted octanol–water partition coefficient (Wildman–Crippen LogP) is 7.52. The summed E-state index contributed by atoms with van der Waals surface area (Å²) in [5.41, 5.74) is 6.66. The molecule has 0 bridgehead atoms. The summed E-state index contributed by atoms with van der Waals surface area (Å²) in [7, 11) is 0. The van der Waals surface area contributed by atoms with Gasteiger partial charge in [-0.25, -0.2) is 4.79 Å². The summed E-state index contributed by atoms with van der Waals surface area (Å²) in [6, 6.07) is 19.9. The molecule has 3 heterocycles. The van der Waals surface area contributed by atoms with Crippen LogP contribution >= 0.6 is 22.9 Å². The third kappa shape index (κ3) is 3.64. The molecule has 2 amide bonds.